The number of hydrogen-bond acceptors (Lipinski definition) is 4. The lowest BCUT2D eigenvalue weighted by Gasteiger charge is -2.40. The average Bonchev–Trinajstić information content (AvgIpc) is 3.19. The van der Waals surface area contributed by atoms with Crippen LogP contribution in [0.3, 0.4) is 0 Å². The lowest BCUT2D eigenvalue weighted by molar-refractivity contribution is -0.118. The van der Waals surface area contributed by atoms with E-state index in [1.807, 2.05) is 19.1 Å². The fraction of sp³-hybridized carbons (Fsp3) is 0.458. The molecule has 0 unspecified atom stereocenters. The summed E-state index contributed by atoms with van der Waals surface area (Å²) >= 11 is 1.67. The molecule has 2 aromatic rings. The Morgan fingerprint density at radius 3 is 2.73 bits per heavy atom. The Morgan fingerprint density at radius 1 is 1.23 bits per heavy atom. The number of ether oxygens (including phenoxy) is 2. The van der Waals surface area contributed by atoms with Crippen LogP contribution in [0.2, 0.25) is 0 Å². The highest BCUT2D eigenvalue weighted by atomic mass is 32.2. The fourth-order valence-corrected chi connectivity index (χ4v) is 5.59. The second kappa shape index (κ2) is 9.29. The quantitative estimate of drug-likeness (QED) is 0.639. The summed E-state index contributed by atoms with van der Waals surface area (Å²) in [6.07, 6.45) is 5.47. The van der Waals surface area contributed by atoms with Gasteiger partial charge in [-0.25, -0.2) is 4.39 Å². The SMILES string of the molecule is CCOc1ccc2c(c1)[C@H](SCC(=O)NCc1ccc(F)cc1)CC1(CCCC1)O2. The molecule has 1 fully saturated rings. The number of carbonyl (C=O) groups excluding carboxylic acids is 1. The molecular weight excluding hydrogens is 401 g/mol. The molecule has 1 aliphatic carbocycles. The number of rotatable bonds is 7. The van der Waals surface area contributed by atoms with Crippen molar-refractivity contribution in [1.29, 1.82) is 0 Å². The molecule has 2 aliphatic rings. The van der Waals surface area contributed by atoms with E-state index in [4.69, 9.17) is 9.47 Å². The van der Waals surface area contributed by atoms with Crippen LogP contribution in [0.25, 0.3) is 0 Å². The largest absolute Gasteiger partial charge is 0.494 e. The lowest BCUT2D eigenvalue weighted by Crippen LogP contribution is -2.38. The number of amides is 1. The van der Waals surface area contributed by atoms with Crippen LogP contribution in [0.4, 0.5) is 4.39 Å². The van der Waals surface area contributed by atoms with Gasteiger partial charge in [-0.1, -0.05) is 12.1 Å². The molecule has 1 heterocycles. The van der Waals surface area contributed by atoms with Gasteiger partial charge in [-0.2, -0.15) is 0 Å². The predicted octanol–water partition coefficient (Wildman–Crippen LogP) is 5.41. The first kappa shape index (κ1) is 21.0. The second-order valence-corrected chi connectivity index (χ2v) is 9.22. The van der Waals surface area contributed by atoms with Gasteiger partial charge in [0.25, 0.3) is 0 Å². The van der Waals surface area contributed by atoms with Gasteiger partial charge in [0.2, 0.25) is 5.91 Å². The van der Waals surface area contributed by atoms with Crippen molar-refractivity contribution in [3.05, 3.63) is 59.4 Å². The summed E-state index contributed by atoms with van der Waals surface area (Å²) < 4.78 is 25.2. The number of nitrogens with one attached hydrogen (secondary N) is 1. The van der Waals surface area contributed by atoms with Crippen LogP contribution in [0, 0.1) is 5.82 Å². The highest BCUT2D eigenvalue weighted by molar-refractivity contribution is 8.00. The van der Waals surface area contributed by atoms with Gasteiger partial charge in [-0.15, -0.1) is 11.8 Å². The maximum atomic E-state index is 13.0. The van der Waals surface area contributed by atoms with Crippen LogP contribution in [-0.4, -0.2) is 23.9 Å². The average molecular weight is 430 g/mol. The number of hydrogen-bond donors (Lipinski definition) is 1. The van der Waals surface area contributed by atoms with E-state index in [-0.39, 0.29) is 22.6 Å². The Kier molecular flexibility index (Phi) is 6.52. The van der Waals surface area contributed by atoms with E-state index in [2.05, 4.69) is 11.4 Å². The Morgan fingerprint density at radius 2 is 2.00 bits per heavy atom. The molecule has 1 saturated carbocycles. The predicted molar refractivity (Wildman–Crippen MR) is 118 cm³/mol. The molecule has 4 rings (SSSR count). The van der Waals surface area contributed by atoms with Crippen molar-refractivity contribution >= 4 is 17.7 Å². The van der Waals surface area contributed by atoms with Crippen LogP contribution >= 0.6 is 11.8 Å². The van der Waals surface area contributed by atoms with Crippen molar-refractivity contribution in [3.63, 3.8) is 0 Å². The summed E-state index contributed by atoms with van der Waals surface area (Å²) in [5.74, 6) is 1.86. The van der Waals surface area contributed by atoms with E-state index >= 15 is 0 Å². The number of thioether (sulfide) groups is 1. The number of carbonyl (C=O) groups is 1. The van der Waals surface area contributed by atoms with E-state index in [0.717, 1.165) is 41.9 Å². The molecule has 1 amide bonds. The van der Waals surface area contributed by atoms with E-state index in [1.54, 1.807) is 23.9 Å². The maximum absolute atomic E-state index is 13.0. The van der Waals surface area contributed by atoms with Crippen LogP contribution < -0.4 is 14.8 Å². The van der Waals surface area contributed by atoms with Gasteiger partial charge < -0.3 is 14.8 Å². The number of halogens is 1. The molecule has 0 radical (unpaired) electrons. The third-order valence-electron chi connectivity index (χ3n) is 5.86. The molecule has 1 aliphatic heterocycles. The van der Waals surface area contributed by atoms with Crippen molar-refractivity contribution in [2.45, 2.75) is 56.4 Å². The van der Waals surface area contributed by atoms with Gasteiger partial charge in [-0.3, -0.25) is 4.79 Å². The van der Waals surface area contributed by atoms with Crippen molar-refractivity contribution < 1.29 is 18.7 Å². The molecule has 0 aromatic heterocycles. The standard InChI is InChI=1S/C24H28FNO3S/c1-2-28-19-9-10-21-20(13-19)22(14-24(29-21)11-3-4-12-24)30-16-23(27)26-15-17-5-7-18(25)8-6-17/h5-10,13,22H,2-4,11-12,14-16H2,1H3,(H,26,27)/t22-/m1/s1. The molecule has 30 heavy (non-hydrogen) atoms. The molecule has 1 spiro atoms. The van der Waals surface area contributed by atoms with E-state index < -0.39 is 0 Å². The van der Waals surface area contributed by atoms with Gasteiger partial charge in [0.05, 0.1) is 12.4 Å². The van der Waals surface area contributed by atoms with Gasteiger partial charge in [0.1, 0.15) is 22.9 Å². The van der Waals surface area contributed by atoms with Crippen LogP contribution in [0.1, 0.15) is 55.4 Å². The van der Waals surface area contributed by atoms with Gasteiger partial charge in [0, 0.05) is 23.8 Å². The highest BCUT2D eigenvalue weighted by Crippen LogP contribution is 2.52. The summed E-state index contributed by atoms with van der Waals surface area (Å²) in [5, 5.41) is 3.13. The van der Waals surface area contributed by atoms with E-state index in [9.17, 15) is 9.18 Å². The van der Waals surface area contributed by atoms with E-state index in [0.29, 0.717) is 18.9 Å². The lowest BCUT2D eigenvalue weighted by atomic mass is 9.89. The molecule has 2 aromatic carbocycles. The minimum absolute atomic E-state index is 0.0150. The Hall–Kier alpha value is -2.21. The first-order valence-electron chi connectivity index (χ1n) is 10.7. The van der Waals surface area contributed by atoms with Crippen LogP contribution in [-0.2, 0) is 11.3 Å². The Labute approximate surface area is 181 Å². The minimum Gasteiger partial charge on any atom is -0.494 e. The molecule has 4 nitrogen and oxygen atoms in total. The smallest absolute Gasteiger partial charge is 0.230 e. The summed E-state index contributed by atoms with van der Waals surface area (Å²) in [5.41, 5.74) is 1.91. The monoisotopic (exact) mass is 429 g/mol. The Balaban J connectivity index is 1.42. The molecule has 160 valence electrons. The highest BCUT2D eigenvalue weighted by Gasteiger charge is 2.43. The maximum Gasteiger partial charge on any atom is 0.230 e. The summed E-state index contributed by atoms with van der Waals surface area (Å²) in [7, 11) is 0. The van der Waals surface area contributed by atoms with Crippen molar-refractivity contribution in [2.24, 2.45) is 0 Å². The van der Waals surface area contributed by atoms with Gasteiger partial charge in [-0.05, 0) is 68.5 Å². The zero-order valence-electron chi connectivity index (χ0n) is 17.3. The van der Waals surface area contributed by atoms with Crippen molar-refractivity contribution in [3.8, 4) is 11.5 Å². The minimum atomic E-state index is -0.272. The normalized spacial score (nSPS) is 19.2. The molecule has 1 atom stereocenters. The molecule has 0 saturated heterocycles. The molecular formula is C24H28FNO3S. The van der Waals surface area contributed by atoms with Crippen LogP contribution in [0.5, 0.6) is 11.5 Å². The topological polar surface area (TPSA) is 47.6 Å². The molecule has 6 heteroatoms. The fourth-order valence-electron chi connectivity index (χ4n) is 4.35. The van der Waals surface area contributed by atoms with Gasteiger partial charge >= 0.3 is 0 Å². The third-order valence-corrected chi connectivity index (χ3v) is 7.11. The zero-order valence-corrected chi connectivity index (χ0v) is 18.1. The van der Waals surface area contributed by atoms with Gasteiger partial charge in [0.15, 0.2) is 0 Å². The number of fused-ring (bicyclic) bond motifs is 1. The second-order valence-electron chi connectivity index (χ2n) is 8.03. The Bertz CT molecular complexity index is 881. The molecule has 0 bridgehead atoms. The zero-order chi connectivity index (χ0) is 21.0. The summed E-state index contributed by atoms with van der Waals surface area (Å²) in [6, 6.07) is 12.2. The first-order valence-corrected chi connectivity index (χ1v) is 11.7. The van der Waals surface area contributed by atoms with Crippen molar-refractivity contribution in [1.82, 2.24) is 5.32 Å². The summed E-state index contributed by atoms with van der Waals surface area (Å²) in [6.45, 7) is 3.00. The summed E-state index contributed by atoms with van der Waals surface area (Å²) in [4.78, 5) is 12.5. The third kappa shape index (κ3) is 4.91. The van der Waals surface area contributed by atoms with Crippen molar-refractivity contribution in [2.75, 3.05) is 12.4 Å². The first-order chi connectivity index (χ1) is 14.6. The molecule has 1 N–H and O–H groups in total. The van der Waals surface area contributed by atoms with E-state index in [1.165, 1.54) is 25.0 Å². The number of benzene rings is 2. The van der Waals surface area contributed by atoms with Crippen LogP contribution in [0.15, 0.2) is 42.5 Å².